The molecule has 4 rings (SSSR count). The summed E-state index contributed by atoms with van der Waals surface area (Å²) in [5.74, 6) is 0.862. The number of nitrogens with zero attached hydrogens (tertiary/aromatic N) is 3. The average molecular weight is 315 g/mol. The van der Waals surface area contributed by atoms with Crippen LogP contribution in [0.1, 0.15) is 11.3 Å². The molecule has 4 heteroatoms. The van der Waals surface area contributed by atoms with Gasteiger partial charge < -0.3 is 4.74 Å². The van der Waals surface area contributed by atoms with Crippen molar-refractivity contribution in [3.63, 3.8) is 0 Å². The summed E-state index contributed by atoms with van der Waals surface area (Å²) in [6.07, 6.45) is 2.66. The van der Waals surface area contributed by atoms with Gasteiger partial charge in [0.1, 0.15) is 5.75 Å². The van der Waals surface area contributed by atoms with Gasteiger partial charge in [-0.1, -0.05) is 42.5 Å². The molecule has 0 fully saturated rings. The minimum absolute atomic E-state index is 0.774. The Kier molecular flexibility index (Phi) is 3.71. The first-order chi connectivity index (χ1) is 11.8. The Morgan fingerprint density at radius 2 is 1.71 bits per heavy atom. The molecular weight excluding hydrogens is 298 g/mol. The molecule has 118 valence electrons. The van der Waals surface area contributed by atoms with Crippen LogP contribution in [0.15, 0.2) is 72.9 Å². The van der Waals surface area contributed by atoms with Gasteiger partial charge in [-0.3, -0.25) is 0 Å². The molecule has 2 aromatic carbocycles. The molecule has 4 aromatic rings. The fraction of sp³-hybridized carbons (Fsp3) is 0.100. The summed E-state index contributed by atoms with van der Waals surface area (Å²) in [7, 11) is 1.68. The van der Waals surface area contributed by atoms with Crippen molar-refractivity contribution in [1.82, 2.24) is 14.6 Å². The summed E-state index contributed by atoms with van der Waals surface area (Å²) in [6.45, 7) is 0. The third kappa shape index (κ3) is 2.74. The number of rotatable bonds is 4. The van der Waals surface area contributed by atoms with E-state index in [1.807, 2.05) is 53.2 Å². The molecule has 4 nitrogen and oxygen atoms in total. The van der Waals surface area contributed by atoms with Crippen LogP contribution in [0.3, 0.4) is 0 Å². The molecule has 0 saturated heterocycles. The third-order valence-electron chi connectivity index (χ3n) is 4.05. The average Bonchev–Trinajstić information content (AvgIpc) is 3.05. The van der Waals surface area contributed by atoms with Gasteiger partial charge in [-0.15, -0.1) is 0 Å². The second-order valence-corrected chi connectivity index (χ2v) is 5.63. The molecule has 0 bridgehead atoms. The molecule has 0 spiro atoms. The van der Waals surface area contributed by atoms with E-state index in [0.29, 0.717) is 0 Å². The molecule has 0 amide bonds. The number of imidazole rings is 1. The largest absolute Gasteiger partial charge is 0.497 e. The van der Waals surface area contributed by atoms with E-state index in [2.05, 4.69) is 29.2 Å². The highest BCUT2D eigenvalue weighted by molar-refractivity contribution is 5.60. The zero-order chi connectivity index (χ0) is 16.4. The molecule has 24 heavy (non-hydrogen) atoms. The highest BCUT2D eigenvalue weighted by Gasteiger charge is 2.08. The summed E-state index contributed by atoms with van der Waals surface area (Å²) in [5, 5.41) is 4.76. The lowest BCUT2D eigenvalue weighted by atomic mass is 10.1. The smallest absolute Gasteiger partial charge is 0.153 e. The van der Waals surface area contributed by atoms with Gasteiger partial charge in [0.05, 0.1) is 24.7 Å². The Morgan fingerprint density at radius 1 is 0.917 bits per heavy atom. The second-order valence-electron chi connectivity index (χ2n) is 5.63. The molecule has 0 aliphatic heterocycles. The highest BCUT2D eigenvalue weighted by atomic mass is 16.5. The third-order valence-corrected chi connectivity index (χ3v) is 4.05. The highest BCUT2D eigenvalue weighted by Crippen LogP contribution is 2.19. The maximum Gasteiger partial charge on any atom is 0.153 e. The lowest BCUT2D eigenvalue weighted by Crippen LogP contribution is -2.00. The fourth-order valence-corrected chi connectivity index (χ4v) is 2.76. The van der Waals surface area contributed by atoms with E-state index in [0.717, 1.165) is 34.8 Å². The maximum absolute atomic E-state index is 5.21. The van der Waals surface area contributed by atoms with Crippen LogP contribution >= 0.6 is 0 Å². The van der Waals surface area contributed by atoms with Gasteiger partial charge in [0.25, 0.3) is 0 Å². The van der Waals surface area contributed by atoms with Crippen molar-refractivity contribution >= 4 is 5.65 Å². The van der Waals surface area contributed by atoms with Crippen LogP contribution in [0, 0.1) is 0 Å². The standard InChI is InChI=1S/C20H17N3O/c1-24-18-9-7-15(8-10-18)13-17-14-21-20-12-11-19(22-23(17)20)16-5-3-2-4-6-16/h2-12,14H,13H2,1H3. The zero-order valence-electron chi connectivity index (χ0n) is 13.4. The van der Waals surface area contributed by atoms with E-state index in [1.54, 1.807) is 7.11 Å². The molecule has 0 N–H and O–H groups in total. The first-order valence-electron chi connectivity index (χ1n) is 7.85. The first-order valence-corrected chi connectivity index (χ1v) is 7.85. The number of hydrogen-bond donors (Lipinski definition) is 0. The number of aromatic nitrogens is 3. The molecule has 0 aliphatic carbocycles. The van der Waals surface area contributed by atoms with Crippen molar-refractivity contribution < 1.29 is 4.74 Å². The Hall–Kier alpha value is -3.14. The van der Waals surface area contributed by atoms with E-state index in [1.165, 1.54) is 5.56 Å². The first kappa shape index (κ1) is 14.5. The predicted octanol–water partition coefficient (Wildman–Crippen LogP) is 4.00. The number of hydrogen-bond acceptors (Lipinski definition) is 3. The summed E-state index contributed by atoms with van der Waals surface area (Å²) in [6, 6.07) is 22.3. The van der Waals surface area contributed by atoms with Gasteiger partial charge >= 0.3 is 0 Å². The Morgan fingerprint density at radius 3 is 2.46 bits per heavy atom. The van der Waals surface area contributed by atoms with Crippen molar-refractivity contribution in [1.29, 1.82) is 0 Å². The molecule has 0 radical (unpaired) electrons. The molecule has 2 heterocycles. The summed E-state index contributed by atoms with van der Waals surface area (Å²) in [4.78, 5) is 4.46. The summed E-state index contributed by atoms with van der Waals surface area (Å²) >= 11 is 0. The zero-order valence-corrected chi connectivity index (χ0v) is 13.4. The molecule has 0 saturated carbocycles. The van der Waals surface area contributed by atoms with Gasteiger partial charge in [0, 0.05) is 12.0 Å². The fourth-order valence-electron chi connectivity index (χ4n) is 2.76. The normalized spacial score (nSPS) is 10.9. The van der Waals surface area contributed by atoms with E-state index in [9.17, 15) is 0 Å². The predicted molar refractivity (Wildman–Crippen MR) is 94.2 cm³/mol. The van der Waals surface area contributed by atoms with Crippen LogP contribution in [0.25, 0.3) is 16.9 Å². The van der Waals surface area contributed by atoms with E-state index >= 15 is 0 Å². The van der Waals surface area contributed by atoms with E-state index in [4.69, 9.17) is 9.84 Å². The molecule has 2 aromatic heterocycles. The molecule has 0 unspecified atom stereocenters. The van der Waals surface area contributed by atoms with Gasteiger partial charge in [-0.25, -0.2) is 9.50 Å². The van der Waals surface area contributed by atoms with Gasteiger partial charge in [0.2, 0.25) is 0 Å². The van der Waals surface area contributed by atoms with Gasteiger partial charge in [-0.05, 0) is 29.8 Å². The van der Waals surface area contributed by atoms with Crippen molar-refractivity contribution in [2.24, 2.45) is 0 Å². The van der Waals surface area contributed by atoms with Crippen molar-refractivity contribution in [2.45, 2.75) is 6.42 Å². The second kappa shape index (κ2) is 6.16. The Labute approximate surface area is 140 Å². The topological polar surface area (TPSA) is 39.4 Å². The van der Waals surface area contributed by atoms with Crippen LogP contribution in [0.5, 0.6) is 5.75 Å². The summed E-state index contributed by atoms with van der Waals surface area (Å²) in [5.41, 5.74) is 5.16. The maximum atomic E-state index is 5.21. The van der Waals surface area contributed by atoms with Crippen molar-refractivity contribution in [3.8, 4) is 17.0 Å². The number of ether oxygens (including phenoxy) is 1. The SMILES string of the molecule is COc1ccc(Cc2cnc3ccc(-c4ccccc4)nn23)cc1. The van der Waals surface area contributed by atoms with Crippen LogP contribution in [0.4, 0.5) is 0 Å². The van der Waals surface area contributed by atoms with Gasteiger partial charge in [0.15, 0.2) is 5.65 Å². The van der Waals surface area contributed by atoms with Gasteiger partial charge in [-0.2, -0.15) is 5.10 Å². The monoisotopic (exact) mass is 315 g/mol. The molecular formula is C20H17N3O. The summed E-state index contributed by atoms with van der Waals surface area (Å²) < 4.78 is 7.13. The van der Waals surface area contributed by atoms with Crippen LogP contribution in [0.2, 0.25) is 0 Å². The Bertz CT molecular complexity index is 959. The number of fused-ring (bicyclic) bond motifs is 1. The van der Waals surface area contributed by atoms with Crippen molar-refractivity contribution in [2.75, 3.05) is 7.11 Å². The van der Waals surface area contributed by atoms with E-state index < -0.39 is 0 Å². The lowest BCUT2D eigenvalue weighted by molar-refractivity contribution is 0.414. The lowest BCUT2D eigenvalue weighted by Gasteiger charge is -2.05. The number of methoxy groups -OCH3 is 1. The minimum atomic E-state index is 0.774. The number of benzene rings is 2. The van der Waals surface area contributed by atoms with E-state index in [-0.39, 0.29) is 0 Å². The quantitative estimate of drug-likeness (QED) is 0.571. The van der Waals surface area contributed by atoms with Crippen LogP contribution in [-0.4, -0.2) is 21.7 Å². The van der Waals surface area contributed by atoms with Crippen LogP contribution in [-0.2, 0) is 6.42 Å². The molecule has 0 aliphatic rings. The Balaban J connectivity index is 1.70. The minimum Gasteiger partial charge on any atom is -0.497 e. The van der Waals surface area contributed by atoms with Crippen LogP contribution < -0.4 is 4.74 Å². The van der Waals surface area contributed by atoms with Crippen molar-refractivity contribution in [3.05, 3.63) is 84.2 Å². The molecule has 0 atom stereocenters.